The number of carbonyl (C=O) groups excluding carboxylic acids is 1. The summed E-state index contributed by atoms with van der Waals surface area (Å²) in [4.78, 5) is 25.2. The predicted molar refractivity (Wildman–Crippen MR) is 128 cm³/mol. The van der Waals surface area contributed by atoms with Crippen LogP contribution < -0.4 is 5.32 Å². The largest absolute Gasteiger partial charge is 0.342 e. The molecule has 0 atom stereocenters. The zero-order valence-electron chi connectivity index (χ0n) is 17.9. The maximum absolute atomic E-state index is 12.6. The summed E-state index contributed by atoms with van der Waals surface area (Å²) in [6, 6.07) is 13.8. The zero-order valence-corrected chi connectivity index (χ0v) is 19.4. The lowest BCUT2D eigenvalue weighted by Gasteiger charge is -2.40. The number of aryl methyl sites for hydroxylation is 1. The van der Waals surface area contributed by atoms with Crippen LogP contribution in [0.2, 0.25) is 10.0 Å². The number of para-hydroxylation sites is 1. The Balaban J connectivity index is 1.22. The molecule has 1 aromatic heterocycles. The molecule has 6 nitrogen and oxygen atoms in total. The number of H-pyrrole nitrogens is 1. The van der Waals surface area contributed by atoms with Crippen LogP contribution in [-0.2, 0) is 13.1 Å². The summed E-state index contributed by atoms with van der Waals surface area (Å²) in [5.74, 6) is 0.801. The van der Waals surface area contributed by atoms with Crippen molar-refractivity contribution < 1.29 is 4.79 Å². The van der Waals surface area contributed by atoms with Gasteiger partial charge < -0.3 is 15.2 Å². The standard InChI is InChI=1S/C24H25Cl2N5O/c1-15-22(28-23(27-15)16-6-7-19(25)20(26)12-16)14-30-10-8-18(9-11-30)31-13-17-4-2-3-5-21(17)29-24(31)32/h2-7,12,18H,8-11,13-14H2,1H3,(H,27,28)(H,29,32). The molecule has 2 amide bonds. The van der Waals surface area contributed by atoms with Crippen molar-refractivity contribution in [3.8, 4) is 11.4 Å². The lowest BCUT2D eigenvalue weighted by Crippen LogP contribution is -2.50. The van der Waals surface area contributed by atoms with Crippen LogP contribution in [0.4, 0.5) is 10.5 Å². The molecule has 2 aliphatic rings. The second-order valence-electron chi connectivity index (χ2n) is 8.51. The van der Waals surface area contributed by atoms with E-state index in [1.807, 2.05) is 42.2 Å². The van der Waals surface area contributed by atoms with Crippen molar-refractivity contribution in [2.24, 2.45) is 0 Å². The molecule has 2 aliphatic heterocycles. The molecule has 2 aromatic carbocycles. The van der Waals surface area contributed by atoms with Crippen molar-refractivity contribution in [2.45, 2.75) is 38.9 Å². The molecule has 1 saturated heterocycles. The number of fused-ring (bicyclic) bond motifs is 1. The molecule has 166 valence electrons. The number of halogens is 2. The Morgan fingerprint density at radius 1 is 1.09 bits per heavy atom. The van der Waals surface area contributed by atoms with E-state index in [1.165, 1.54) is 5.56 Å². The second-order valence-corrected chi connectivity index (χ2v) is 9.32. The van der Waals surface area contributed by atoms with Gasteiger partial charge in [0.2, 0.25) is 0 Å². The third kappa shape index (κ3) is 4.22. The molecule has 32 heavy (non-hydrogen) atoms. The molecule has 0 radical (unpaired) electrons. The molecule has 2 N–H and O–H groups in total. The van der Waals surface area contributed by atoms with Gasteiger partial charge in [0.1, 0.15) is 5.82 Å². The van der Waals surface area contributed by atoms with E-state index in [0.29, 0.717) is 16.6 Å². The highest BCUT2D eigenvalue weighted by molar-refractivity contribution is 6.42. The number of anilines is 1. The van der Waals surface area contributed by atoms with E-state index < -0.39 is 0 Å². The first-order chi connectivity index (χ1) is 15.5. The summed E-state index contributed by atoms with van der Waals surface area (Å²) in [7, 11) is 0. The number of aromatic amines is 1. The van der Waals surface area contributed by atoms with Gasteiger partial charge in [-0.05, 0) is 49.6 Å². The summed E-state index contributed by atoms with van der Waals surface area (Å²) in [5, 5.41) is 4.09. The van der Waals surface area contributed by atoms with E-state index in [4.69, 9.17) is 28.2 Å². The lowest BCUT2D eigenvalue weighted by atomic mass is 10.0. The Morgan fingerprint density at radius 2 is 1.88 bits per heavy atom. The Morgan fingerprint density at radius 3 is 2.66 bits per heavy atom. The average Bonchev–Trinajstić information content (AvgIpc) is 3.16. The second kappa shape index (κ2) is 8.77. The third-order valence-corrected chi connectivity index (χ3v) is 7.15. The number of benzene rings is 2. The highest BCUT2D eigenvalue weighted by atomic mass is 35.5. The molecule has 3 heterocycles. The molecule has 0 bridgehead atoms. The number of carbonyl (C=O) groups is 1. The number of piperidine rings is 1. The van der Waals surface area contributed by atoms with Gasteiger partial charge in [0.25, 0.3) is 0 Å². The summed E-state index contributed by atoms with van der Waals surface area (Å²) in [6.45, 7) is 5.38. The van der Waals surface area contributed by atoms with E-state index >= 15 is 0 Å². The minimum absolute atomic E-state index is 0.0107. The first-order valence-corrected chi connectivity index (χ1v) is 11.6. The average molecular weight is 470 g/mol. The van der Waals surface area contributed by atoms with Crippen LogP contribution in [0.5, 0.6) is 0 Å². The highest BCUT2D eigenvalue weighted by Gasteiger charge is 2.31. The number of urea groups is 1. The van der Waals surface area contributed by atoms with E-state index in [-0.39, 0.29) is 12.1 Å². The van der Waals surface area contributed by atoms with Crippen LogP contribution in [0.1, 0.15) is 29.8 Å². The maximum atomic E-state index is 12.6. The van der Waals surface area contributed by atoms with Crippen LogP contribution in [0.15, 0.2) is 42.5 Å². The molecule has 0 unspecified atom stereocenters. The predicted octanol–water partition coefficient (Wildman–Crippen LogP) is 5.70. The zero-order chi connectivity index (χ0) is 22.2. The van der Waals surface area contributed by atoms with Crippen molar-refractivity contribution >= 4 is 34.9 Å². The van der Waals surface area contributed by atoms with Gasteiger partial charge in [0.15, 0.2) is 0 Å². The molecular weight excluding hydrogens is 445 g/mol. The summed E-state index contributed by atoms with van der Waals surface area (Å²) in [6.07, 6.45) is 1.91. The fourth-order valence-corrected chi connectivity index (χ4v) is 4.85. The molecule has 5 rings (SSSR count). The van der Waals surface area contributed by atoms with Crippen LogP contribution in [0.25, 0.3) is 11.4 Å². The Kier molecular flexibility index (Phi) is 5.84. The van der Waals surface area contributed by atoms with Crippen LogP contribution in [0, 0.1) is 6.92 Å². The first kappa shape index (κ1) is 21.3. The van der Waals surface area contributed by atoms with Gasteiger partial charge in [-0.2, -0.15) is 0 Å². The van der Waals surface area contributed by atoms with Gasteiger partial charge in [-0.15, -0.1) is 0 Å². The fourth-order valence-electron chi connectivity index (χ4n) is 4.55. The van der Waals surface area contributed by atoms with Gasteiger partial charge in [-0.25, -0.2) is 9.78 Å². The minimum atomic E-state index is 0.0107. The molecule has 8 heteroatoms. The summed E-state index contributed by atoms with van der Waals surface area (Å²) in [5.41, 5.74) is 5.12. The van der Waals surface area contributed by atoms with Gasteiger partial charge in [-0.1, -0.05) is 41.4 Å². The Hall–Kier alpha value is -2.54. The number of hydrogen-bond acceptors (Lipinski definition) is 3. The maximum Gasteiger partial charge on any atom is 0.322 e. The fraction of sp³-hybridized carbons (Fsp3) is 0.333. The van der Waals surface area contributed by atoms with Gasteiger partial charge in [0, 0.05) is 49.2 Å². The monoisotopic (exact) mass is 469 g/mol. The van der Waals surface area contributed by atoms with E-state index in [2.05, 4.69) is 21.3 Å². The van der Waals surface area contributed by atoms with Gasteiger partial charge in [0.05, 0.1) is 15.7 Å². The van der Waals surface area contributed by atoms with E-state index in [9.17, 15) is 4.79 Å². The normalized spacial score (nSPS) is 17.3. The molecule has 3 aromatic rings. The van der Waals surface area contributed by atoms with Crippen LogP contribution >= 0.6 is 23.2 Å². The number of likely N-dealkylation sites (tertiary alicyclic amines) is 1. The third-order valence-electron chi connectivity index (χ3n) is 6.41. The Labute approximate surface area is 197 Å². The highest BCUT2D eigenvalue weighted by Crippen LogP contribution is 2.30. The number of rotatable bonds is 4. The number of aromatic nitrogens is 2. The molecule has 0 spiro atoms. The quantitative estimate of drug-likeness (QED) is 0.514. The van der Waals surface area contributed by atoms with Crippen molar-refractivity contribution in [3.05, 3.63) is 69.5 Å². The first-order valence-electron chi connectivity index (χ1n) is 10.9. The number of nitrogens with one attached hydrogen (secondary N) is 2. The summed E-state index contributed by atoms with van der Waals surface area (Å²) < 4.78 is 0. The number of imidazole rings is 1. The summed E-state index contributed by atoms with van der Waals surface area (Å²) >= 11 is 12.2. The number of hydrogen-bond donors (Lipinski definition) is 2. The van der Waals surface area contributed by atoms with Crippen molar-refractivity contribution in [1.29, 1.82) is 0 Å². The van der Waals surface area contributed by atoms with Crippen LogP contribution in [0.3, 0.4) is 0 Å². The van der Waals surface area contributed by atoms with E-state index in [1.54, 1.807) is 6.07 Å². The smallest absolute Gasteiger partial charge is 0.322 e. The number of nitrogens with zero attached hydrogens (tertiary/aromatic N) is 3. The van der Waals surface area contributed by atoms with Crippen molar-refractivity contribution in [1.82, 2.24) is 19.8 Å². The van der Waals surface area contributed by atoms with Crippen molar-refractivity contribution in [2.75, 3.05) is 18.4 Å². The minimum Gasteiger partial charge on any atom is -0.342 e. The topological polar surface area (TPSA) is 64.3 Å². The van der Waals surface area contributed by atoms with Crippen LogP contribution in [-0.4, -0.2) is 44.9 Å². The van der Waals surface area contributed by atoms with E-state index in [0.717, 1.165) is 60.9 Å². The van der Waals surface area contributed by atoms with Crippen molar-refractivity contribution in [3.63, 3.8) is 0 Å². The van der Waals surface area contributed by atoms with Gasteiger partial charge in [-0.3, -0.25) is 4.90 Å². The molecular formula is C24H25Cl2N5O. The molecule has 1 fully saturated rings. The lowest BCUT2D eigenvalue weighted by molar-refractivity contribution is 0.117. The van der Waals surface area contributed by atoms with Gasteiger partial charge >= 0.3 is 6.03 Å². The Bertz CT molecular complexity index is 1150. The number of amides is 2. The molecule has 0 aliphatic carbocycles. The SMILES string of the molecule is Cc1[nH]c(-c2ccc(Cl)c(Cl)c2)nc1CN1CCC(N2Cc3ccccc3NC2=O)CC1. The molecule has 0 saturated carbocycles.